The van der Waals surface area contributed by atoms with Crippen LogP contribution in [0, 0.1) is 5.82 Å². The van der Waals surface area contributed by atoms with E-state index in [1.54, 1.807) is 6.92 Å². The van der Waals surface area contributed by atoms with E-state index in [2.05, 4.69) is 20.1 Å². The van der Waals surface area contributed by atoms with Crippen molar-refractivity contribution in [3.8, 4) is 11.7 Å². The van der Waals surface area contributed by atoms with Gasteiger partial charge in [-0.05, 0) is 19.1 Å². The Morgan fingerprint density at radius 3 is 2.54 bits per heavy atom. The fourth-order valence-corrected chi connectivity index (χ4v) is 3.20. The van der Waals surface area contributed by atoms with Crippen LogP contribution >= 0.6 is 11.6 Å². The summed E-state index contributed by atoms with van der Waals surface area (Å²) in [6.45, 7) is -0.989. The number of ether oxygens (including phenoxy) is 1. The Balaban J connectivity index is 2.14. The van der Waals surface area contributed by atoms with E-state index >= 15 is 0 Å². The van der Waals surface area contributed by atoms with E-state index < -0.39 is 59.6 Å². The average molecular weight is 521 g/mol. The van der Waals surface area contributed by atoms with E-state index in [1.165, 1.54) is 13.1 Å². The van der Waals surface area contributed by atoms with Crippen molar-refractivity contribution in [2.75, 3.05) is 11.9 Å². The number of amides is 1. The van der Waals surface area contributed by atoms with E-state index in [9.17, 15) is 37.1 Å². The number of rotatable bonds is 7. The lowest BCUT2D eigenvalue weighted by Gasteiger charge is -2.15. The highest BCUT2D eigenvalue weighted by molar-refractivity contribution is 6.33. The van der Waals surface area contributed by atoms with Crippen molar-refractivity contribution < 1.29 is 32.2 Å². The zero-order chi connectivity index (χ0) is 26.1. The zero-order valence-corrected chi connectivity index (χ0v) is 18.8. The summed E-state index contributed by atoms with van der Waals surface area (Å²) < 4.78 is 60.4. The molecule has 0 aromatic carbocycles. The summed E-state index contributed by atoms with van der Waals surface area (Å²) in [5, 5.41) is 15.2. The molecule has 0 aliphatic heterocycles. The number of aliphatic hydroxyl groups is 1. The molecule has 188 valence electrons. The first-order chi connectivity index (χ1) is 16.4. The van der Waals surface area contributed by atoms with Crippen molar-refractivity contribution in [3.05, 3.63) is 61.3 Å². The number of alkyl halides is 3. The molecule has 0 saturated heterocycles. The van der Waals surface area contributed by atoms with Gasteiger partial charge in [0.25, 0.3) is 11.5 Å². The second-order valence-electron chi connectivity index (χ2n) is 6.94. The number of carbonyl (C=O) groups is 1. The maximum atomic E-state index is 15.0. The minimum Gasteiger partial charge on any atom is -0.467 e. The van der Waals surface area contributed by atoms with Gasteiger partial charge in [0, 0.05) is 19.7 Å². The number of hydrogen-bond donors (Lipinski definition) is 2. The molecule has 11 nitrogen and oxygen atoms in total. The molecule has 3 aromatic rings. The Bertz CT molecular complexity index is 1400. The lowest BCUT2D eigenvalue weighted by molar-refractivity contribution is -0.154. The topological polar surface area (TPSA) is 133 Å². The third kappa shape index (κ3) is 5.35. The van der Waals surface area contributed by atoms with E-state index in [-0.39, 0.29) is 23.2 Å². The van der Waals surface area contributed by atoms with Gasteiger partial charge in [-0.25, -0.2) is 9.18 Å². The molecule has 0 fully saturated rings. The fraction of sp³-hybridized carbons (Fsp3) is 0.316. The first-order valence-electron chi connectivity index (χ1n) is 9.74. The molecule has 3 heterocycles. The lowest BCUT2D eigenvalue weighted by atomic mass is 10.2. The van der Waals surface area contributed by atoms with Crippen molar-refractivity contribution in [1.82, 2.24) is 23.9 Å². The van der Waals surface area contributed by atoms with Gasteiger partial charge in [0.15, 0.2) is 24.1 Å². The molecule has 35 heavy (non-hydrogen) atoms. The van der Waals surface area contributed by atoms with Crippen molar-refractivity contribution in [2.45, 2.75) is 26.3 Å². The quantitative estimate of drug-likeness (QED) is 0.452. The molecule has 0 unspecified atom stereocenters. The second-order valence-corrected chi connectivity index (χ2v) is 7.35. The number of nitrogens with zero attached hydrogens (tertiary/aromatic N) is 5. The Morgan fingerprint density at radius 1 is 1.29 bits per heavy atom. The van der Waals surface area contributed by atoms with Crippen LogP contribution in [0.1, 0.15) is 23.1 Å². The number of halogens is 5. The molecule has 0 saturated carbocycles. The smallest absolute Gasteiger partial charge is 0.422 e. The molecule has 3 aromatic heterocycles. The number of anilines is 1. The number of nitrogens with one attached hydrogen (secondary N) is 1. The van der Waals surface area contributed by atoms with Gasteiger partial charge in [-0.3, -0.25) is 18.7 Å². The van der Waals surface area contributed by atoms with Crippen LogP contribution in [0.25, 0.3) is 5.82 Å². The minimum absolute atomic E-state index is 0.0464. The normalized spacial score (nSPS) is 11.5. The molecule has 0 bridgehead atoms. The zero-order valence-electron chi connectivity index (χ0n) is 18.1. The maximum absolute atomic E-state index is 15.0. The number of pyridine rings is 2. The predicted molar refractivity (Wildman–Crippen MR) is 113 cm³/mol. The maximum Gasteiger partial charge on any atom is 0.422 e. The first kappa shape index (κ1) is 25.9. The average Bonchev–Trinajstić information content (AvgIpc) is 3.12. The second kappa shape index (κ2) is 9.87. The third-order valence-corrected chi connectivity index (χ3v) is 4.94. The van der Waals surface area contributed by atoms with Crippen LogP contribution in [-0.2, 0) is 20.2 Å². The van der Waals surface area contributed by atoms with Crippen LogP contribution in [0.4, 0.5) is 23.4 Å². The summed E-state index contributed by atoms with van der Waals surface area (Å²) >= 11 is 5.98. The summed E-state index contributed by atoms with van der Waals surface area (Å²) in [5.41, 5.74) is -2.29. The third-order valence-electron chi connectivity index (χ3n) is 4.63. The Hall–Kier alpha value is -3.72. The molecule has 2 N–H and O–H groups in total. The number of hydrogen-bond acceptors (Lipinski definition) is 7. The monoisotopic (exact) mass is 520 g/mol. The largest absolute Gasteiger partial charge is 0.467 e. The van der Waals surface area contributed by atoms with Gasteiger partial charge in [0.1, 0.15) is 18.0 Å². The predicted octanol–water partition coefficient (Wildman–Crippen LogP) is 1.63. The van der Waals surface area contributed by atoms with Crippen molar-refractivity contribution in [2.24, 2.45) is 7.05 Å². The molecular formula is C19H17ClF4N6O5. The Kier molecular flexibility index (Phi) is 7.30. The van der Waals surface area contributed by atoms with Gasteiger partial charge < -0.3 is 15.2 Å². The highest BCUT2D eigenvalue weighted by Gasteiger charge is 2.31. The number of carbonyl (C=O) groups excluding carboxylic acids is 1. The lowest BCUT2D eigenvalue weighted by Crippen LogP contribution is -2.27. The summed E-state index contributed by atoms with van der Waals surface area (Å²) in [5.74, 6) is -4.73. The summed E-state index contributed by atoms with van der Waals surface area (Å²) in [4.78, 5) is 40.8. The molecule has 3 rings (SSSR count). The van der Waals surface area contributed by atoms with Crippen LogP contribution in [0.2, 0.25) is 5.02 Å². The molecule has 0 radical (unpaired) electrons. The molecule has 1 amide bonds. The SMILES string of the molecule is CCn1c(CO)nn(-c2nc(OCC(F)(F)F)c(C(=O)Nc3c(Cl)ccc(=O)n3C)cc2F)c1=O. The van der Waals surface area contributed by atoms with Gasteiger partial charge >= 0.3 is 11.9 Å². The van der Waals surface area contributed by atoms with E-state index in [0.29, 0.717) is 10.7 Å². The van der Waals surface area contributed by atoms with Crippen LogP contribution < -0.4 is 21.3 Å². The summed E-state index contributed by atoms with van der Waals surface area (Å²) in [6.07, 6.45) is -4.85. The minimum atomic E-state index is -4.85. The van der Waals surface area contributed by atoms with Crippen LogP contribution in [-0.4, -0.2) is 47.7 Å². The molecule has 0 spiro atoms. The van der Waals surface area contributed by atoms with Gasteiger partial charge in [0.05, 0.1) is 5.02 Å². The van der Waals surface area contributed by atoms with Gasteiger partial charge in [0.2, 0.25) is 5.88 Å². The molecule has 0 aliphatic carbocycles. The molecular weight excluding hydrogens is 504 g/mol. The Morgan fingerprint density at radius 2 is 1.97 bits per heavy atom. The molecule has 16 heteroatoms. The number of aromatic nitrogens is 5. The van der Waals surface area contributed by atoms with Crippen LogP contribution in [0.3, 0.4) is 0 Å². The van der Waals surface area contributed by atoms with Crippen LogP contribution in [0.15, 0.2) is 27.8 Å². The van der Waals surface area contributed by atoms with Crippen molar-refractivity contribution in [1.29, 1.82) is 0 Å². The number of aliphatic hydroxyl groups excluding tert-OH is 1. The van der Waals surface area contributed by atoms with Crippen molar-refractivity contribution in [3.63, 3.8) is 0 Å². The Labute approximate surface area is 198 Å². The highest BCUT2D eigenvalue weighted by atomic mass is 35.5. The fourth-order valence-electron chi connectivity index (χ4n) is 2.97. The van der Waals surface area contributed by atoms with Crippen LogP contribution in [0.5, 0.6) is 5.88 Å². The summed E-state index contributed by atoms with van der Waals surface area (Å²) in [6, 6.07) is 2.78. The first-order valence-corrected chi connectivity index (χ1v) is 10.1. The summed E-state index contributed by atoms with van der Waals surface area (Å²) in [7, 11) is 1.27. The van der Waals surface area contributed by atoms with Crippen molar-refractivity contribution >= 4 is 23.3 Å². The van der Waals surface area contributed by atoms with Gasteiger partial charge in [-0.15, -0.1) is 5.10 Å². The molecule has 0 atom stereocenters. The van der Waals surface area contributed by atoms with E-state index in [4.69, 9.17) is 11.6 Å². The molecule has 0 aliphatic rings. The van der Waals surface area contributed by atoms with E-state index in [0.717, 1.165) is 15.2 Å². The highest BCUT2D eigenvalue weighted by Crippen LogP contribution is 2.26. The van der Waals surface area contributed by atoms with Gasteiger partial charge in [-0.2, -0.15) is 22.8 Å². The standard InChI is InChI=1S/C19H17ClF4N6O5/c1-3-29-12(7-31)27-30(18(29)34)15-11(21)6-9(17(26-15)35-8-19(22,23)24)16(33)25-14-10(20)4-5-13(32)28(14)2/h4-6,31H,3,7-8H2,1-2H3,(H,25,33). The van der Waals surface area contributed by atoms with E-state index in [1.807, 2.05) is 0 Å². The van der Waals surface area contributed by atoms with Gasteiger partial charge in [-0.1, -0.05) is 11.6 Å².